The Balaban J connectivity index is 3.97. The van der Waals surface area contributed by atoms with Crippen molar-refractivity contribution in [2.75, 3.05) is 54.4 Å². The lowest BCUT2D eigenvalue weighted by Gasteiger charge is -2.36. The first-order valence-electron chi connectivity index (χ1n) is 21.6. The molecule has 0 radical (unpaired) electrons. The van der Waals surface area contributed by atoms with Crippen LogP contribution in [0, 0.1) is 0 Å². The van der Waals surface area contributed by atoms with E-state index in [1.807, 2.05) is 0 Å². The molecule has 0 fully saturated rings. The lowest BCUT2D eigenvalue weighted by atomic mass is 10.1. The SMILES string of the molecule is CCCCCCCCCCCCCC[N+](C)(C)CCC[Si](C)(C)O[Si](C)(C)CCC[N+](C)(C)CCCCCCCCCCCCCC. The molecule has 0 spiro atoms. The van der Waals surface area contributed by atoms with Gasteiger partial charge >= 0.3 is 0 Å². The fourth-order valence-electron chi connectivity index (χ4n) is 7.70. The summed E-state index contributed by atoms with van der Waals surface area (Å²) >= 11 is 0. The van der Waals surface area contributed by atoms with Gasteiger partial charge in [-0.2, -0.15) is 0 Å². The molecule has 0 N–H and O–H groups in total. The third kappa shape index (κ3) is 33.2. The van der Waals surface area contributed by atoms with Gasteiger partial charge < -0.3 is 13.1 Å². The summed E-state index contributed by atoms with van der Waals surface area (Å²) in [7, 11) is 6.63. The Labute approximate surface area is 302 Å². The number of rotatable bonds is 36. The Morgan fingerprint density at radius 3 is 0.787 bits per heavy atom. The van der Waals surface area contributed by atoms with Crippen LogP contribution in [0.5, 0.6) is 0 Å². The normalized spacial score (nSPS) is 13.1. The zero-order valence-corrected chi connectivity index (χ0v) is 36.9. The maximum absolute atomic E-state index is 7.07. The van der Waals surface area contributed by atoms with Gasteiger partial charge in [0.05, 0.1) is 54.4 Å². The van der Waals surface area contributed by atoms with Crippen LogP contribution in [-0.4, -0.2) is 80.0 Å². The van der Waals surface area contributed by atoms with E-state index in [1.165, 1.54) is 214 Å². The van der Waals surface area contributed by atoms with E-state index in [0.717, 1.165) is 0 Å². The van der Waals surface area contributed by atoms with Crippen molar-refractivity contribution in [1.29, 1.82) is 0 Å². The number of unbranched alkanes of at least 4 members (excludes halogenated alkanes) is 22. The van der Waals surface area contributed by atoms with Gasteiger partial charge in [-0.3, -0.25) is 0 Å². The fourth-order valence-corrected chi connectivity index (χ4v) is 16.5. The van der Waals surface area contributed by atoms with E-state index in [2.05, 4.69) is 68.2 Å². The number of hydrogen-bond donors (Lipinski definition) is 0. The van der Waals surface area contributed by atoms with Crippen molar-refractivity contribution in [2.24, 2.45) is 0 Å². The molecule has 3 nitrogen and oxygen atoms in total. The molecule has 0 rings (SSSR count). The average molecular weight is 699 g/mol. The highest BCUT2D eigenvalue weighted by Crippen LogP contribution is 2.25. The molecular formula is C42H94N2OSi2+2. The van der Waals surface area contributed by atoms with E-state index in [0.29, 0.717) is 0 Å². The molecule has 0 bridgehead atoms. The van der Waals surface area contributed by atoms with Crippen LogP contribution in [-0.2, 0) is 4.12 Å². The third-order valence-electron chi connectivity index (χ3n) is 10.9. The van der Waals surface area contributed by atoms with Crippen LogP contribution >= 0.6 is 0 Å². The molecule has 0 aromatic carbocycles. The van der Waals surface area contributed by atoms with Crippen LogP contribution in [0.15, 0.2) is 0 Å². The molecule has 0 saturated heterocycles. The van der Waals surface area contributed by atoms with Crippen molar-refractivity contribution in [2.45, 2.75) is 219 Å². The van der Waals surface area contributed by atoms with E-state index >= 15 is 0 Å². The minimum atomic E-state index is -1.61. The molecule has 0 atom stereocenters. The summed E-state index contributed by atoms with van der Waals surface area (Å²) in [5, 5.41) is 0. The Morgan fingerprint density at radius 1 is 0.319 bits per heavy atom. The maximum Gasteiger partial charge on any atom is 0.173 e. The topological polar surface area (TPSA) is 9.23 Å². The summed E-state index contributed by atoms with van der Waals surface area (Å²) in [6.07, 6.45) is 37.2. The van der Waals surface area contributed by atoms with Gasteiger partial charge in [-0.05, 0) is 76.8 Å². The van der Waals surface area contributed by atoms with Crippen molar-refractivity contribution in [3.63, 3.8) is 0 Å². The zero-order valence-electron chi connectivity index (χ0n) is 34.9. The summed E-state index contributed by atoms with van der Waals surface area (Å²) in [4.78, 5) is 0. The van der Waals surface area contributed by atoms with Crippen molar-refractivity contribution < 1.29 is 13.1 Å². The Bertz CT molecular complexity index is 624. The molecule has 0 amide bonds. The zero-order chi connectivity index (χ0) is 35.3. The lowest BCUT2D eigenvalue weighted by molar-refractivity contribution is -0.890. The fraction of sp³-hybridized carbons (Fsp3) is 1.00. The summed E-state index contributed by atoms with van der Waals surface area (Å²) in [5.41, 5.74) is 0. The lowest BCUT2D eigenvalue weighted by Crippen LogP contribution is -2.47. The van der Waals surface area contributed by atoms with Gasteiger partial charge in [-0.25, -0.2) is 0 Å². The average Bonchev–Trinajstić information content (AvgIpc) is 2.97. The predicted molar refractivity (Wildman–Crippen MR) is 221 cm³/mol. The number of hydrogen-bond acceptors (Lipinski definition) is 1. The first kappa shape index (κ1) is 47.3. The molecule has 47 heavy (non-hydrogen) atoms. The highest BCUT2D eigenvalue weighted by Gasteiger charge is 2.33. The first-order chi connectivity index (χ1) is 22.2. The predicted octanol–water partition coefficient (Wildman–Crippen LogP) is 13.7. The largest absolute Gasteiger partial charge is 0.455 e. The Hall–Kier alpha value is 0.314. The van der Waals surface area contributed by atoms with E-state index in [-0.39, 0.29) is 0 Å². The van der Waals surface area contributed by atoms with Crippen molar-refractivity contribution >= 4 is 16.6 Å². The van der Waals surface area contributed by atoms with Gasteiger partial charge in [0.2, 0.25) is 0 Å². The minimum absolute atomic E-state index is 1.19. The highest BCUT2D eigenvalue weighted by atomic mass is 28.4. The van der Waals surface area contributed by atoms with Gasteiger partial charge in [0.15, 0.2) is 16.6 Å². The summed E-state index contributed by atoms with van der Waals surface area (Å²) in [6, 6.07) is 2.65. The van der Waals surface area contributed by atoms with Gasteiger partial charge in [0.25, 0.3) is 0 Å². The third-order valence-corrected chi connectivity index (χ3v) is 18.4. The monoisotopic (exact) mass is 699 g/mol. The Kier molecular flexibility index (Phi) is 29.1. The summed E-state index contributed by atoms with van der Waals surface area (Å²) in [5.74, 6) is 0. The van der Waals surface area contributed by atoms with Gasteiger partial charge in [0.1, 0.15) is 0 Å². The summed E-state index contributed by atoms with van der Waals surface area (Å²) in [6.45, 7) is 19.9. The number of quaternary nitrogens is 2. The van der Waals surface area contributed by atoms with Crippen LogP contribution in [0.2, 0.25) is 38.3 Å². The van der Waals surface area contributed by atoms with Crippen molar-refractivity contribution in [3.05, 3.63) is 0 Å². The second-order valence-electron chi connectivity index (χ2n) is 18.4. The van der Waals surface area contributed by atoms with E-state index in [1.54, 1.807) is 0 Å². The van der Waals surface area contributed by atoms with Crippen LogP contribution in [0.3, 0.4) is 0 Å². The van der Waals surface area contributed by atoms with Crippen LogP contribution in [0.1, 0.15) is 181 Å². The molecule has 0 aliphatic rings. The van der Waals surface area contributed by atoms with Crippen molar-refractivity contribution in [3.8, 4) is 0 Å². The first-order valence-corrected chi connectivity index (χ1v) is 27.8. The highest BCUT2D eigenvalue weighted by molar-refractivity contribution is 6.84. The second-order valence-corrected chi connectivity index (χ2v) is 27.2. The Morgan fingerprint density at radius 2 is 0.532 bits per heavy atom. The van der Waals surface area contributed by atoms with Crippen molar-refractivity contribution in [1.82, 2.24) is 0 Å². The van der Waals surface area contributed by atoms with Crippen LogP contribution < -0.4 is 0 Å². The molecule has 0 heterocycles. The molecule has 0 aliphatic heterocycles. The molecule has 0 aliphatic carbocycles. The van der Waals surface area contributed by atoms with Gasteiger partial charge in [-0.15, -0.1) is 0 Å². The molecular weight excluding hydrogens is 605 g/mol. The molecule has 284 valence electrons. The maximum atomic E-state index is 7.07. The minimum Gasteiger partial charge on any atom is -0.455 e. The van der Waals surface area contributed by atoms with Crippen LogP contribution in [0.25, 0.3) is 0 Å². The molecule has 0 unspecified atom stereocenters. The molecule has 0 aromatic heterocycles. The van der Waals surface area contributed by atoms with Gasteiger partial charge in [0, 0.05) is 0 Å². The number of nitrogens with zero attached hydrogens (tertiary/aromatic N) is 2. The van der Waals surface area contributed by atoms with E-state index in [4.69, 9.17) is 4.12 Å². The van der Waals surface area contributed by atoms with E-state index < -0.39 is 16.6 Å². The smallest absolute Gasteiger partial charge is 0.173 e. The molecule has 0 saturated carbocycles. The quantitative estimate of drug-likeness (QED) is 0.0359. The van der Waals surface area contributed by atoms with Gasteiger partial charge in [-0.1, -0.05) is 142 Å². The molecule has 5 heteroatoms. The second kappa shape index (κ2) is 29.0. The van der Waals surface area contributed by atoms with E-state index in [9.17, 15) is 0 Å². The standard InChI is InChI=1S/C42H94N2OSi2/c1-11-13-15-17-19-21-23-25-27-29-31-33-37-43(3,4)39-35-41-46(7,8)45-47(9,10)42-36-40-44(5,6)38-34-32-30-28-26-24-22-20-18-16-14-12-2/h11-42H2,1-10H3/q+2. The summed E-state index contributed by atoms with van der Waals surface area (Å²) < 4.78 is 9.45. The van der Waals surface area contributed by atoms with Crippen LogP contribution in [0.4, 0.5) is 0 Å². The molecule has 0 aromatic rings.